The van der Waals surface area contributed by atoms with Gasteiger partial charge in [0.1, 0.15) is 11.9 Å². The van der Waals surface area contributed by atoms with Crippen LogP contribution in [-0.4, -0.2) is 30.6 Å². The van der Waals surface area contributed by atoms with Gasteiger partial charge in [-0.15, -0.1) is 24.0 Å². The van der Waals surface area contributed by atoms with Gasteiger partial charge in [0, 0.05) is 7.05 Å². The van der Waals surface area contributed by atoms with Crippen LogP contribution in [0.25, 0.3) is 0 Å². The number of aliphatic imine (C=N–C) groups is 1. The van der Waals surface area contributed by atoms with Crippen LogP contribution >= 0.6 is 24.0 Å². The molecule has 1 atom stereocenters. The highest BCUT2D eigenvalue weighted by molar-refractivity contribution is 14.0. The molecule has 0 bridgehead atoms. The number of hydrogen-bond donors (Lipinski definition) is 2. The molecule has 0 amide bonds. The lowest BCUT2D eigenvalue weighted by Gasteiger charge is -2.20. The van der Waals surface area contributed by atoms with Gasteiger partial charge in [-0.1, -0.05) is 19.1 Å². The van der Waals surface area contributed by atoms with Crippen LogP contribution in [0.3, 0.4) is 0 Å². The zero-order valence-corrected chi connectivity index (χ0v) is 17.8. The SMILES string of the molecule is CCC(CNC(=NC)NCc1nc(C)c(C)o1)Oc1ccccc1F.I. The Bertz CT molecular complexity index is 701. The van der Waals surface area contributed by atoms with E-state index in [0.717, 1.165) is 17.9 Å². The van der Waals surface area contributed by atoms with Gasteiger partial charge in [-0.05, 0) is 32.4 Å². The molecule has 6 nitrogen and oxygen atoms in total. The molecule has 8 heteroatoms. The van der Waals surface area contributed by atoms with E-state index < -0.39 is 0 Å². The molecule has 1 aromatic heterocycles. The van der Waals surface area contributed by atoms with E-state index in [-0.39, 0.29) is 41.6 Å². The van der Waals surface area contributed by atoms with Crippen LogP contribution in [0.2, 0.25) is 0 Å². The highest BCUT2D eigenvalue weighted by Crippen LogP contribution is 2.17. The fourth-order valence-electron chi connectivity index (χ4n) is 2.19. The Balaban J connectivity index is 0.00000338. The molecule has 0 aliphatic heterocycles. The van der Waals surface area contributed by atoms with Crippen LogP contribution in [0.5, 0.6) is 5.75 Å². The van der Waals surface area contributed by atoms with Gasteiger partial charge in [-0.25, -0.2) is 9.37 Å². The minimum Gasteiger partial charge on any atom is -0.486 e. The molecule has 1 heterocycles. The molecule has 0 saturated heterocycles. The second-order valence-corrected chi connectivity index (χ2v) is 5.63. The summed E-state index contributed by atoms with van der Waals surface area (Å²) in [5, 5.41) is 6.31. The second-order valence-electron chi connectivity index (χ2n) is 5.63. The first-order valence-electron chi connectivity index (χ1n) is 8.32. The van der Waals surface area contributed by atoms with Crippen molar-refractivity contribution in [3.63, 3.8) is 0 Å². The molecule has 0 spiro atoms. The first-order valence-corrected chi connectivity index (χ1v) is 8.32. The fraction of sp³-hybridized carbons (Fsp3) is 0.444. The minimum atomic E-state index is -0.363. The zero-order valence-electron chi connectivity index (χ0n) is 15.5. The summed E-state index contributed by atoms with van der Waals surface area (Å²) < 4.78 is 24.9. The van der Waals surface area contributed by atoms with Crippen LogP contribution in [0.4, 0.5) is 4.39 Å². The molecular formula is C18H26FIN4O2. The number of nitrogens with one attached hydrogen (secondary N) is 2. The number of hydrogen-bond acceptors (Lipinski definition) is 4. The van der Waals surface area contributed by atoms with Crippen molar-refractivity contribution >= 4 is 29.9 Å². The average molecular weight is 476 g/mol. The van der Waals surface area contributed by atoms with Crippen molar-refractivity contribution < 1.29 is 13.5 Å². The van der Waals surface area contributed by atoms with Gasteiger partial charge in [0.05, 0.1) is 18.8 Å². The Morgan fingerprint density at radius 1 is 1.31 bits per heavy atom. The molecule has 0 aliphatic carbocycles. The zero-order chi connectivity index (χ0) is 18.2. The molecule has 0 saturated carbocycles. The minimum absolute atomic E-state index is 0. The van der Waals surface area contributed by atoms with E-state index in [1.165, 1.54) is 6.07 Å². The first-order chi connectivity index (χ1) is 12.0. The summed E-state index contributed by atoms with van der Waals surface area (Å²) >= 11 is 0. The smallest absolute Gasteiger partial charge is 0.214 e. The largest absolute Gasteiger partial charge is 0.486 e. The van der Waals surface area contributed by atoms with Crippen molar-refractivity contribution in [3.05, 3.63) is 47.4 Å². The van der Waals surface area contributed by atoms with E-state index >= 15 is 0 Å². The maximum atomic E-state index is 13.7. The summed E-state index contributed by atoms with van der Waals surface area (Å²) in [5.74, 6) is 1.91. The number of aromatic nitrogens is 1. The molecule has 2 N–H and O–H groups in total. The highest BCUT2D eigenvalue weighted by Gasteiger charge is 2.12. The Hall–Kier alpha value is -1.84. The molecule has 2 rings (SSSR count). The quantitative estimate of drug-likeness (QED) is 0.363. The molecule has 0 fully saturated rings. The van der Waals surface area contributed by atoms with Gasteiger partial charge in [-0.3, -0.25) is 4.99 Å². The lowest BCUT2D eigenvalue weighted by atomic mass is 10.2. The Morgan fingerprint density at radius 2 is 2.04 bits per heavy atom. The van der Waals surface area contributed by atoms with Gasteiger partial charge in [0.25, 0.3) is 0 Å². The van der Waals surface area contributed by atoms with E-state index in [2.05, 4.69) is 20.6 Å². The highest BCUT2D eigenvalue weighted by atomic mass is 127. The third-order valence-corrected chi connectivity index (χ3v) is 3.79. The normalized spacial score (nSPS) is 12.3. The first kappa shape index (κ1) is 22.2. The number of ether oxygens (including phenoxy) is 1. The van der Waals surface area contributed by atoms with E-state index in [9.17, 15) is 4.39 Å². The van der Waals surface area contributed by atoms with Crippen molar-refractivity contribution in [2.75, 3.05) is 13.6 Å². The molecule has 0 radical (unpaired) electrons. The summed E-state index contributed by atoms with van der Waals surface area (Å²) in [4.78, 5) is 8.47. The summed E-state index contributed by atoms with van der Waals surface area (Å²) in [6.45, 7) is 6.70. The maximum Gasteiger partial charge on any atom is 0.214 e. The number of oxazole rings is 1. The van der Waals surface area contributed by atoms with Gasteiger partial charge in [0.2, 0.25) is 5.89 Å². The fourth-order valence-corrected chi connectivity index (χ4v) is 2.19. The molecule has 2 aromatic rings. The predicted molar refractivity (Wildman–Crippen MR) is 111 cm³/mol. The number of guanidine groups is 1. The second kappa shape index (κ2) is 11.0. The van der Waals surface area contributed by atoms with Crippen LogP contribution in [0, 0.1) is 19.7 Å². The standard InChI is InChI=1S/C18H25FN4O2.HI/c1-5-14(25-16-9-7-6-8-15(16)19)10-21-18(20-4)22-11-17-23-12(2)13(3)24-17;/h6-9,14H,5,10-11H2,1-4H3,(H2,20,21,22);1H. The van der Waals surface area contributed by atoms with Gasteiger partial charge in [-0.2, -0.15) is 0 Å². The third-order valence-electron chi connectivity index (χ3n) is 3.79. The van der Waals surface area contributed by atoms with Gasteiger partial charge < -0.3 is 19.8 Å². The lowest BCUT2D eigenvalue weighted by molar-refractivity contribution is 0.191. The average Bonchev–Trinajstić information content (AvgIpc) is 2.93. The monoisotopic (exact) mass is 476 g/mol. The summed E-state index contributed by atoms with van der Waals surface area (Å²) in [5.41, 5.74) is 0.879. The number of nitrogens with zero attached hydrogens (tertiary/aromatic N) is 2. The van der Waals surface area contributed by atoms with Crippen molar-refractivity contribution in [1.29, 1.82) is 0 Å². The maximum absolute atomic E-state index is 13.7. The predicted octanol–water partition coefficient (Wildman–Crippen LogP) is 3.57. The Labute approximate surface area is 170 Å². The van der Waals surface area contributed by atoms with Crippen molar-refractivity contribution in [2.45, 2.75) is 39.8 Å². The number of rotatable bonds is 7. The van der Waals surface area contributed by atoms with Crippen LogP contribution in [-0.2, 0) is 6.54 Å². The van der Waals surface area contributed by atoms with Gasteiger partial charge in [0.15, 0.2) is 17.5 Å². The molecule has 1 unspecified atom stereocenters. The van der Waals surface area contributed by atoms with Crippen molar-refractivity contribution in [1.82, 2.24) is 15.6 Å². The van der Waals surface area contributed by atoms with Gasteiger partial charge >= 0.3 is 0 Å². The molecule has 1 aromatic carbocycles. The molecular weight excluding hydrogens is 450 g/mol. The molecule has 0 aliphatic rings. The van der Waals surface area contributed by atoms with E-state index in [1.54, 1.807) is 25.2 Å². The Morgan fingerprint density at radius 3 is 2.62 bits per heavy atom. The number of halogens is 2. The third kappa shape index (κ3) is 6.47. The number of aryl methyl sites for hydroxylation is 2. The number of benzene rings is 1. The number of para-hydroxylation sites is 1. The lowest BCUT2D eigenvalue weighted by Crippen LogP contribution is -2.42. The van der Waals surface area contributed by atoms with Crippen molar-refractivity contribution in [3.8, 4) is 5.75 Å². The summed E-state index contributed by atoms with van der Waals surface area (Å²) in [7, 11) is 1.68. The summed E-state index contributed by atoms with van der Waals surface area (Å²) in [6, 6.07) is 6.40. The Kier molecular flexibility index (Phi) is 9.39. The molecule has 144 valence electrons. The van der Waals surface area contributed by atoms with E-state index in [4.69, 9.17) is 9.15 Å². The van der Waals surface area contributed by atoms with E-state index in [1.807, 2.05) is 20.8 Å². The van der Waals surface area contributed by atoms with Crippen molar-refractivity contribution in [2.24, 2.45) is 4.99 Å². The molecule has 26 heavy (non-hydrogen) atoms. The van der Waals surface area contributed by atoms with Crippen LogP contribution in [0.15, 0.2) is 33.7 Å². The topological polar surface area (TPSA) is 71.7 Å². The summed E-state index contributed by atoms with van der Waals surface area (Å²) in [6.07, 6.45) is 0.554. The van der Waals surface area contributed by atoms with E-state index in [0.29, 0.717) is 24.9 Å². The van der Waals surface area contributed by atoms with Crippen LogP contribution in [0.1, 0.15) is 30.7 Å². The van der Waals surface area contributed by atoms with Crippen LogP contribution < -0.4 is 15.4 Å².